The van der Waals surface area contributed by atoms with Crippen LogP contribution in [-0.2, 0) is 16.6 Å². The van der Waals surface area contributed by atoms with Gasteiger partial charge >= 0.3 is 0 Å². The number of nitrogens with zero attached hydrogens (tertiary/aromatic N) is 1. The number of ether oxygens (including phenoxy) is 1. The van der Waals surface area contributed by atoms with Gasteiger partial charge in [-0.1, -0.05) is 148 Å². The highest BCUT2D eigenvalue weighted by Gasteiger charge is 2.39. The van der Waals surface area contributed by atoms with Crippen LogP contribution in [0.2, 0.25) is 0 Å². The van der Waals surface area contributed by atoms with E-state index in [4.69, 9.17) is 4.74 Å². The van der Waals surface area contributed by atoms with Crippen LogP contribution >= 0.6 is 12.4 Å². The Morgan fingerprint density at radius 3 is 1.60 bits per heavy atom. The molecule has 0 atom stereocenters. The van der Waals surface area contributed by atoms with Crippen LogP contribution in [-0.4, -0.2) is 36.7 Å². The first-order chi connectivity index (χ1) is 20.2. The minimum atomic E-state index is -0.196. The fraction of sp³-hybridized carbons (Fsp3) is 0.385. The fourth-order valence-corrected chi connectivity index (χ4v) is 6.77. The van der Waals surface area contributed by atoms with Gasteiger partial charge in [-0.2, -0.15) is 0 Å². The van der Waals surface area contributed by atoms with Crippen molar-refractivity contribution in [2.45, 2.75) is 69.3 Å². The summed E-state index contributed by atoms with van der Waals surface area (Å²) in [6.45, 7) is 6.37. The second kappa shape index (κ2) is 16.1. The predicted molar refractivity (Wildman–Crippen MR) is 180 cm³/mol. The number of halogens is 1. The Kier molecular flexibility index (Phi) is 12.3. The summed E-state index contributed by atoms with van der Waals surface area (Å²) in [5.74, 6) is 0. The monoisotopic (exact) mass is 581 g/mol. The van der Waals surface area contributed by atoms with E-state index in [0.29, 0.717) is 0 Å². The van der Waals surface area contributed by atoms with Crippen molar-refractivity contribution in [3.63, 3.8) is 0 Å². The minimum Gasteiger partial charge on any atom is -0.375 e. The topological polar surface area (TPSA) is 12.5 Å². The van der Waals surface area contributed by atoms with E-state index in [1.165, 1.54) is 47.9 Å². The second-order valence-corrected chi connectivity index (χ2v) is 11.8. The number of unbranched alkanes of at least 4 members (excludes halogenated alkanes) is 3. The molecule has 0 amide bonds. The smallest absolute Gasteiger partial charge is 0.0747 e. The second-order valence-electron chi connectivity index (χ2n) is 11.8. The lowest BCUT2D eigenvalue weighted by Crippen LogP contribution is -2.48. The zero-order chi connectivity index (χ0) is 28.2. The number of likely N-dealkylation sites (tertiary alicyclic amines) is 1. The van der Waals surface area contributed by atoms with Gasteiger partial charge in [-0.3, -0.25) is 0 Å². The molecule has 0 saturated carbocycles. The van der Waals surface area contributed by atoms with Crippen molar-refractivity contribution in [2.24, 2.45) is 0 Å². The molecular formula is C39H48ClNO. The van der Waals surface area contributed by atoms with Gasteiger partial charge in [-0.25, -0.2) is 0 Å². The van der Waals surface area contributed by atoms with E-state index in [2.05, 4.69) is 133 Å². The van der Waals surface area contributed by atoms with Crippen molar-refractivity contribution < 1.29 is 4.74 Å². The lowest BCUT2D eigenvalue weighted by Gasteiger charge is -2.44. The van der Waals surface area contributed by atoms with E-state index in [-0.39, 0.29) is 23.4 Å². The maximum Gasteiger partial charge on any atom is 0.0747 e. The van der Waals surface area contributed by atoms with Crippen molar-refractivity contribution in [1.82, 2.24) is 4.90 Å². The minimum absolute atomic E-state index is 0. The van der Waals surface area contributed by atoms with Gasteiger partial charge in [0.25, 0.3) is 0 Å². The molecule has 1 aliphatic heterocycles. The molecule has 4 aromatic carbocycles. The molecule has 2 nitrogen and oxygen atoms in total. The van der Waals surface area contributed by atoms with Crippen molar-refractivity contribution in [3.05, 3.63) is 144 Å². The van der Waals surface area contributed by atoms with Crippen LogP contribution in [0, 0.1) is 0 Å². The van der Waals surface area contributed by atoms with Crippen LogP contribution in [0.1, 0.15) is 74.1 Å². The first-order valence-corrected chi connectivity index (χ1v) is 15.8. The quantitative estimate of drug-likeness (QED) is 0.109. The molecule has 0 spiro atoms. The van der Waals surface area contributed by atoms with Gasteiger partial charge in [0.2, 0.25) is 0 Å². The molecule has 1 heterocycles. The molecule has 0 unspecified atom stereocenters. The molecule has 5 rings (SSSR count). The van der Waals surface area contributed by atoms with E-state index >= 15 is 0 Å². The molecule has 0 aromatic heterocycles. The molecule has 0 bridgehead atoms. The molecule has 4 aromatic rings. The Morgan fingerprint density at radius 1 is 0.643 bits per heavy atom. The summed E-state index contributed by atoms with van der Waals surface area (Å²) in [7, 11) is 0. The fourth-order valence-electron chi connectivity index (χ4n) is 6.77. The SMILES string of the molecule is CCCCCCOC1(Cc2ccccc2)CCN(CCC(c2ccccc2)(c2ccccc2)c2ccccc2)CC1.Cl. The van der Waals surface area contributed by atoms with Crippen molar-refractivity contribution in [3.8, 4) is 0 Å². The van der Waals surface area contributed by atoms with Gasteiger partial charge in [-0.05, 0) is 54.5 Å². The van der Waals surface area contributed by atoms with Crippen LogP contribution in [0.25, 0.3) is 0 Å². The van der Waals surface area contributed by atoms with Crippen LogP contribution in [0.15, 0.2) is 121 Å². The summed E-state index contributed by atoms with van der Waals surface area (Å²) >= 11 is 0. The molecule has 0 aliphatic carbocycles. The molecule has 0 N–H and O–H groups in total. The van der Waals surface area contributed by atoms with Crippen LogP contribution < -0.4 is 0 Å². The van der Waals surface area contributed by atoms with Gasteiger partial charge < -0.3 is 9.64 Å². The molecule has 0 radical (unpaired) electrons. The lowest BCUT2D eigenvalue weighted by molar-refractivity contribution is -0.0849. The Bertz CT molecular complexity index is 1170. The first kappa shape index (κ1) is 32.0. The normalized spacial score (nSPS) is 15.2. The number of piperidine rings is 1. The average molecular weight is 582 g/mol. The zero-order valence-corrected chi connectivity index (χ0v) is 26.1. The Hall–Kier alpha value is -2.91. The van der Waals surface area contributed by atoms with E-state index in [9.17, 15) is 0 Å². The first-order valence-electron chi connectivity index (χ1n) is 15.8. The van der Waals surface area contributed by atoms with Crippen LogP contribution in [0.3, 0.4) is 0 Å². The third kappa shape index (κ3) is 7.92. The summed E-state index contributed by atoms with van der Waals surface area (Å²) in [4.78, 5) is 2.69. The largest absolute Gasteiger partial charge is 0.375 e. The molecule has 42 heavy (non-hydrogen) atoms. The highest BCUT2D eigenvalue weighted by Crippen LogP contribution is 2.43. The summed E-state index contributed by atoms with van der Waals surface area (Å²) in [5.41, 5.74) is 5.23. The predicted octanol–water partition coefficient (Wildman–Crippen LogP) is 9.51. The van der Waals surface area contributed by atoms with Crippen molar-refractivity contribution >= 4 is 12.4 Å². The van der Waals surface area contributed by atoms with Gasteiger partial charge in [-0.15, -0.1) is 12.4 Å². The van der Waals surface area contributed by atoms with Gasteiger partial charge in [0, 0.05) is 31.5 Å². The van der Waals surface area contributed by atoms with Crippen LogP contribution in [0.4, 0.5) is 0 Å². The molecule has 222 valence electrons. The molecule has 1 aliphatic rings. The Morgan fingerprint density at radius 2 is 1.12 bits per heavy atom. The summed E-state index contributed by atoms with van der Waals surface area (Å²) in [6.07, 6.45) is 9.23. The molecular weight excluding hydrogens is 534 g/mol. The number of hydrogen-bond donors (Lipinski definition) is 0. The van der Waals surface area contributed by atoms with E-state index in [1.807, 2.05) is 0 Å². The number of hydrogen-bond acceptors (Lipinski definition) is 2. The summed E-state index contributed by atoms with van der Waals surface area (Å²) in [6, 6.07) is 44.4. The van der Waals surface area contributed by atoms with Crippen LogP contribution in [0.5, 0.6) is 0 Å². The zero-order valence-electron chi connectivity index (χ0n) is 25.3. The highest BCUT2D eigenvalue weighted by molar-refractivity contribution is 5.85. The van der Waals surface area contributed by atoms with E-state index in [1.54, 1.807) is 0 Å². The third-order valence-corrected chi connectivity index (χ3v) is 9.15. The van der Waals surface area contributed by atoms with E-state index in [0.717, 1.165) is 51.9 Å². The third-order valence-electron chi connectivity index (χ3n) is 9.15. The van der Waals surface area contributed by atoms with Gasteiger partial charge in [0.1, 0.15) is 0 Å². The summed E-state index contributed by atoms with van der Waals surface area (Å²) < 4.78 is 6.80. The Balaban J connectivity index is 0.00000405. The maximum absolute atomic E-state index is 6.80. The summed E-state index contributed by atoms with van der Waals surface area (Å²) in [5, 5.41) is 0. The number of rotatable bonds is 14. The van der Waals surface area contributed by atoms with Crippen molar-refractivity contribution in [1.29, 1.82) is 0 Å². The lowest BCUT2D eigenvalue weighted by atomic mass is 9.67. The average Bonchev–Trinajstić information content (AvgIpc) is 3.04. The van der Waals surface area contributed by atoms with Gasteiger partial charge in [0.05, 0.1) is 5.60 Å². The van der Waals surface area contributed by atoms with E-state index < -0.39 is 0 Å². The molecule has 1 fully saturated rings. The number of benzene rings is 4. The standard InChI is InChI=1S/C39H47NO.ClH/c1-2-3-4-17-32-41-38(33-34-18-9-5-10-19-34)26-29-40(30-27-38)31-28-39(35-20-11-6-12-21-35,36-22-13-7-14-23-36)37-24-15-8-16-25-37;/h5-16,18-25H,2-4,17,26-33H2,1H3;1H. The maximum atomic E-state index is 6.80. The Labute approximate surface area is 260 Å². The van der Waals surface area contributed by atoms with Gasteiger partial charge in [0.15, 0.2) is 0 Å². The molecule has 3 heteroatoms. The van der Waals surface area contributed by atoms with Crippen molar-refractivity contribution in [2.75, 3.05) is 26.2 Å². The highest BCUT2D eigenvalue weighted by atomic mass is 35.5. The molecule has 1 saturated heterocycles.